The zero-order valence-corrected chi connectivity index (χ0v) is 17.2. The number of guanidine groups is 1. The summed E-state index contributed by atoms with van der Waals surface area (Å²) in [5, 5.41) is 0. The van der Waals surface area contributed by atoms with Crippen molar-refractivity contribution in [2.45, 2.75) is 19.0 Å². The first-order chi connectivity index (χ1) is 14.7. The third-order valence-electron chi connectivity index (χ3n) is 5.18. The number of ether oxygens (including phenoxy) is 1. The molecule has 1 amide bonds. The Labute approximate surface area is 177 Å². The van der Waals surface area contributed by atoms with Crippen molar-refractivity contribution in [1.29, 1.82) is 0 Å². The molecule has 1 heterocycles. The van der Waals surface area contributed by atoms with E-state index in [9.17, 15) is 4.79 Å². The van der Waals surface area contributed by atoms with E-state index in [1.54, 1.807) is 12.0 Å². The number of methoxy groups -OCH3 is 1. The normalized spacial score (nSPS) is 15.8. The van der Waals surface area contributed by atoms with Crippen LogP contribution in [0.15, 0.2) is 89.9 Å². The smallest absolute Gasteiger partial charge is 0.259 e. The Balaban J connectivity index is 1.69. The van der Waals surface area contributed by atoms with Gasteiger partial charge in [0.05, 0.1) is 12.8 Å². The van der Waals surface area contributed by atoms with Gasteiger partial charge in [-0.25, -0.2) is 9.89 Å². The molecule has 1 unspecified atom stereocenters. The summed E-state index contributed by atoms with van der Waals surface area (Å²) in [5.41, 5.74) is 2.95. The lowest BCUT2D eigenvalue weighted by atomic mass is 10.1. The number of para-hydroxylation sites is 2. The molecule has 4 rings (SSSR count). The highest BCUT2D eigenvalue weighted by atomic mass is 16.5. The maximum absolute atomic E-state index is 13.5. The number of hydrogen-bond acceptors (Lipinski definition) is 4. The van der Waals surface area contributed by atoms with Crippen LogP contribution in [-0.2, 0) is 17.8 Å². The zero-order chi connectivity index (χ0) is 20.9. The van der Waals surface area contributed by atoms with Gasteiger partial charge in [0.25, 0.3) is 5.91 Å². The highest BCUT2D eigenvalue weighted by Gasteiger charge is 2.38. The van der Waals surface area contributed by atoms with Crippen LogP contribution in [0.25, 0.3) is 0 Å². The third-order valence-corrected chi connectivity index (χ3v) is 5.18. The topological polar surface area (TPSA) is 45.1 Å². The molecule has 5 heteroatoms. The Morgan fingerprint density at radius 2 is 1.50 bits per heavy atom. The monoisotopic (exact) mass is 399 g/mol. The van der Waals surface area contributed by atoms with Gasteiger partial charge < -0.3 is 9.64 Å². The van der Waals surface area contributed by atoms with E-state index in [0.717, 1.165) is 11.1 Å². The molecule has 0 bridgehead atoms. The van der Waals surface area contributed by atoms with Gasteiger partial charge in [-0.2, -0.15) is 0 Å². The van der Waals surface area contributed by atoms with Crippen molar-refractivity contribution in [3.05, 3.63) is 96.1 Å². The summed E-state index contributed by atoms with van der Waals surface area (Å²) in [6, 6.07) is 27.3. The van der Waals surface area contributed by atoms with E-state index in [1.807, 2.05) is 84.7 Å². The molecule has 5 nitrogen and oxygen atoms in total. The van der Waals surface area contributed by atoms with Gasteiger partial charge in [-0.15, -0.1) is 0 Å². The molecular formula is C25H25N3O2. The average Bonchev–Trinajstić information content (AvgIpc) is 3.11. The predicted molar refractivity (Wildman–Crippen MR) is 120 cm³/mol. The summed E-state index contributed by atoms with van der Waals surface area (Å²) >= 11 is 0. The summed E-state index contributed by atoms with van der Waals surface area (Å²) < 4.78 is 5.54. The fourth-order valence-corrected chi connectivity index (χ4v) is 3.71. The van der Waals surface area contributed by atoms with Gasteiger partial charge in [0.1, 0.15) is 11.8 Å². The largest absolute Gasteiger partial charge is 0.495 e. The molecule has 152 valence electrons. The van der Waals surface area contributed by atoms with Crippen molar-refractivity contribution in [2.75, 3.05) is 19.1 Å². The number of nitrogens with zero attached hydrogens (tertiary/aromatic N) is 3. The van der Waals surface area contributed by atoms with Crippen LogP contribution in [0.2, 0.25) is 0 Å². The van der Waals surface area contributed by atoms with Crippen molar-refractivity contribution in [3.63, 3.8) is 0 Å². The Morgan fingerprint density at radius 1 is 0.900 bits per heavy atom. The number of benzene rings is 3. The lowest BCUT2D eigenvalue weighted by Gasteiger charge is -2.27. The molecule has 0 saturated heterocycles. The van der Waals surface area contributed by atoms with Gasteiger partial charge in [0.15, 0.2) is 0 Å². The summed E-state index contributed by atoms with van der Waals surface area (Å²) in [6.45, 7) is 0.649. The van der Waals surface area contributed by atoms with Gasteiger partial charge in [0.2, 0.25) is 5.96 Å². The van der Waals surface area contributed by atoms with Gasteiger partial charge >= 0.3 is 0 Å². The van der Waals surface area contributed by atoms with Crippen molar-refractivity contribution in [1.82, 2.24) is 4.90 Å². The maximum Gasteiger partial charge on any atom is 0.259 e. The highest BCUT2D eigenvalue weighted by molar-refractivity contribution is 6.22. The SMILES string of the molecule is COc1ccccc1N1C(=O)C(Cc2ccccc2)N=C1N(C)Cc1ccccc1. The van der Waals surface area contributed by atoms with Crippen LogP contribution >= 0.6 is 0 Å². The quantitative estimate of drug-likeness (QED) is 0.626. The number of hydrogen-bond donors (Lipinski definition) is 0. The van der Waals surface area contributed by atoms with Crippen molar-refractivity contribution >= 4 is 17.6 Å². The van der Waals surface area contributed by atoms with Crippen LogP contribution in [-0.4, -0.2) is 37.0 Å². The molecule has 0 radical (unpaired) electrons. The van der Waals surface area contributed by atoms with Gasteiger partial charge in [-0.3, -0.25) is 4.79 Å². The third kappa shape index (κ3) is 4.06. The molecule has 0 aromatic heterocycles. The van der Waals surface area contributed by atoms with Crippen LogP contribution in [0, 0.1) is 0 Å². The number of amides is 1. The Morgan fingerprint density at radius 3 is 2.17 bits per heavy atom. The lowest BCUT2D eigenvalue weighted by molar-refractivity contribution is -0.118. The lowest BCUT2D eigenvalue weighted by Crippen LogP contribution is -2.43. The Bertz CT molecular complexity index is 1030. The van der Waals surface area contributed by atoms with Crippen molar-refractivity contribution in [2.24, 2.45) is 4.99 Å². The minimum Gasteiger partial charge on any atom is -0.495 e. The first kappa shape index (κ1) is 19.7. The fourth-order valence-electron chi connectivity index (χ4n) is 3.71. The second-order valence-electron chi connectivity index (χ2n) is 7.32. The number of anilines is 1. The van der Waals surface area contributed by atoms with Crippen molar-refractivity contribution in [3.8, 4) is 5.75 Å². The highest BCUT2D eigenvalue weighted by Crippen LogP contribution is 2.32. The number of aliphatic imine (C=N–C) groups is 1. The molecule has 1 atom stereocenters. The van der Waals surface area contributed by atoms with E-state index < -0.39 is 6.04 Å². The molecule has 3 aromatic rings. The molecule has 0 spiro atoms. The van der Waals surface area contributed by atoms with Crippen LogP contribution < -0.4 is 9.64 Å². The van der Waals surface area contributed by atoms with Crippen molar-refractivity contribution < 1.29 is 9.53 Å². The van der Waals surface area contributed by atoms with E-state index in [0.29, 0.717) is 30.4 Å². The zero-order valence-electron chi connectivity index (χ0n) is 17.2. The average molecular weight is 399 g/mol. The number of carbonyl (C=O) groups excluding carboxylic acids is 1. The van der Waals surface area contributed by atoms with Crippen LogP contribution in [0.1, 0.15) is 11.1 Å². The first-order valence-electron chi connectivity index (χ1n) is 10.0. The molecule has 1 aliphatic heterocycles. The standard InChI is InChI=1S/C25H25N3O2/c1-27(18-20-13-7-4-8-14-20)25-26-21(17-19-11-5-3-6-12-19)24(29)28(25)22-15-9-10-16-23(22)30-2/h3-16,21H,17-18H2,1-2H3. The van der Waals surface area contributed by atoms with E-state index in [4.69, 9.17) is 9.73 Å². The molecule has 3 aromatic carbocycles. The molecule has 0 N–H and O–H groups in total. The molecular weight excluding hydrogens is 374 g/mol. The van der Waals surface area contributed by atoms with Crippen LogP contribution in [0.4, 0.5) is 5.69 Å². The summed E-state index contributed by atoms with van der Waals surface area (Å²) in [6.07, 6.45) is 0.563. The number of rotatable bonds is 6. The van der Waals surface area contributed by atoms with Crippen LogP contribution in [0.3, 0.4) is 0 Å². The summed E-state index contributed by atoms with van der Waals surface area (Å²) in [7, 11) is 3.58. The summed E-state index contributed by atoms with van der Waals surface area (Å²) in [4.78, 5) is 22.0. The molecule has 30 heavy (non-hydrogen) atoms. The van der Waals surface area contributed by atoms with E-state index in [1.165, 1.54) is 0 Å². The fraction of sp³-hybridized carbons (Fsp3) is 0.200. The Hall–Kier alpha value is -3.60. The Kier molecular flexibility index (Phi) is 5.80. The molecule has 0 aliphatic carbocycles. The minimum atomic E-state index is -0.467. The van der Waals surface area contributed by atoms with Gasteiger partial charge in [-0.1, -0.05) is 72.8 Å². The first-order valence-corrected chi connectivity index (χ1v) is 10.0. The second kappa shape index (κ2) is 8.82. The van der Waals surface area contributed by atoms with E-state index in [2.05, 4.69) is 12.1 Å². The van der Waals surface area contributed by atoms with Gasteiger partial charge in [-0.05, 0) is 23.3 Å². The van der Waals surface area contributed by atoms with E-state index in [-0.39, 0.29) is 5.91 Å². The summed E-state index contributed by atoms with van der Waals surface area (Å²) in [5.74, 6) is 1.24. The molecule has 0 fully saturated rings. The van der Waals surface area contributed by atoms with Crippen LogP contribution in [0.5, 0.6) is 5.75 Å². The minimum absolute atomic E-state index is 0.0433. The molecule has 1 aliphatic rings. The molecule has 0 saturated carbocycles. The van der Waals surface area contributed by atoms with Gasteiger partial charge in [0, 0.05) is 20.0 Å². The maximum atomic E-state index is 13.5. The predicted octanol–water partition coefficient (Wildman–Crippen LogP) is 4.14. The number of carbonyl (C=O) groups is 1. The second-order valence-corrected chi connectivity index (χ2v) is 7.32. The van der Waals surface area contributed by atoms with E-state index >= 15 is 0 Å².